The van der Waals surface area contributed by atoms with Crippen molar-refractivity contribution < 1.29 is 13.6 Å². The van der Waals surface area contributed by atoms with Crippen LogP contribution in [0.3, 0.4) is 0 Å². The Morgan fingerprint density at radius 3 is 2.86 bits per heavy atom. The summed E-state index contributed by atoms with van der Waals surface area (Å²) in [6.45, 7) is 4.17. The average molecular weight is 466 g/mol. The van der Waals surface area contributed by atoms with Crippen LogP contribution >= 0.6 is 27.7 Å². The number of halogens is 3. The first-order valence-corrected chi connectivity index (χ1v) is 9.79. The number of aromatic nitrogens is 4. The number of amides is 1. The molecule has 0 spiro atoms. The van der Waals surface area contributed by atoms with Gasteiger partial charge in [0, 0.05) is 35.0 Å². The van der Waals surface area contributed by atoms with Gasteiger partial charge in [-0.1, -0.05) is 17.8 Å². The van der Waals surface area contributed by atoms with Crippen molar-refractivity contribution in [3.05, 3.63) is 65.4 Å². The molecule has 0 aliphatic carbocycles. The molecule has 0 aliphatic rings. The van der Waals surface area contributed by atoms with Crippen molar-refractivity contribution in [1.29, 1.82) is 0 Å². The Bertz CT molecular complexity index is 989. The Kier molecular flexibility index (Phi) is 6.53. The van der Waals surface area contributed by atoms with E-state index in [1.54, 1.807) is 29.1 Å². The maximum atomic E-state index is 13.9. The van der Waals surface area contributed by atoms with Gasteiger partial charge in [0.25, 0.3) is 0 Å². The van der Waals surface area contributed by atoms with Gasteiger partial charge in [0.1, 0.15) is 5.82 Å². The SMILES string of the molecule is C=CCn1c(SCC(=O)Nc2c(F)cc(F)cc2Br)nnc1-c1cccnc1. The average Bonchev–Trinajstić information content (AvgIpc) is 3.07. The molecular formula is C18H14BrF2N5OS. The van der Waals surface area contributed by atoms with Crippen LogP contribution in [0.1, 0.15) is 0 Å². The van der Waals surface area contributed by atoms with Gasteiger partial charge in [0.05, 0.1) is 11.4 Å². The van der Waals surface area contributed by atoms with Crippen LogP contribution in [-0.2, 0) is 11.3 Å². The second-order valence-corrected chi connectivity index (χ2v) is 7.33. The molecule has 0 unspecified atom stereocenters. The number of hydrogen-bond donors (Lipinski definition) is 1. The first-order chi connectivity index (χ1) is 13.5. The van der Waals surface area contributed by atoms with Crippen LogP contribution in [0.25, 0.3) is 11.4 Å². The van der Waals surface area contributed by atoms with E-state index in [9.17, 15) is 13.6 Å². The summed E-state index contributed by atoms with van der Waals surface area (Å²) >= 11 is 4.18. The molecule has 6 nitrogen and oxygen atoms in total. The van der Waals surface area contributed by atoms with Crippen LogP contribution < -0.4 is 5.32 Å². The minimum absolute atomic E-state index is 0.0361. The summed E-state index contributed by atoms with van der Waals surface area (Å²) in [5.41, 5.74) is 0.668. The summed E-state index contributed by atoms with van der Waals surface area (Å²) in [4.78, 5) is 16.3. The fraction of sp³-hybridized carbons (Fsp3) is 0.111. The predicted octanol–water partition coefficient (Wildman–Crippen LogP) is 4.30. The third-order valence-corrected chi connectivity index (χ3v) is 5.14. The summed E-state index contributed by atoms with van der Waals surface area (Å²) in [5.74, 6) is -1.50. The van der Waals surface area contributed by atoms with Crippen molar-refractivity contribution in [3.63, 3.8) is 0 Å². The number of nitrogens with one attached hydrogen (secondary N) is 1. The molecule has 0 fully saturated rings. The summed E-state index contributed by atoms with van der Waals surface area (Å²) in [5, 5.41) is 11.2. The van der Waals surface area contributed by atoms with Gasteiger partial charge in [-0.2, -0.15) is 0 Å². The number of hydrogen-bond acceptors (Lipinski definition) is 5. The third-order valence-electron chi connectivity index (χ3n) is 3.55. The van der Waals surface area contributed by atoms with E-state index in [0.29, 0.717) is 23.6 Å². The molecule has 28 heavy (non-hydrogen) atoms. The van der Waals surface area contributed by atoms with Gasteiger partial charge in [0.2, 0.25) is 5.91 Å². The van der Waals surface area contributed by atoms with Crippen molar-refractivity contribution in [2.45, 2.75) is 11.7 Å². The van der Waals surface area contributed by atoms with Gasteiger partial charge < -0.3 is 5.32 Å². The normalized spacial score (nSPS) is 10.7. The lowest BCUT2D eigenvalue weighted by atomic mass is 10.3. The van der Waals surface area contributed by atoms with Crippen molar-refractivity contribution in [3.8, 4) is 11.4 Å². The van der Waals surface area contributed by atoms with Crippen LogP contribution in [-0.4, -0.2) is 31.4 Å². The fourth-order valence-corrected chi connectivity index (χ4v) is 3.62. The molecule has 0 radical (unpaired) electrons. The predicted molar refractivity (Wildman–Crippen MR) is 107 cm³/mol. The second kappa shape index (κ2) is 9.07. The van der Waals surface area contributed by atoms with E-state index in [4.69, 9.17) is 0 Å². The van der Waals surface area contributed by atoms with E-state index in [0.717, 1.165) is 23.4 Å². The van der Waals surface area contributed by atoms with Gasteiger partial charge in [0.15, 0.2) is 16.8 Å². The molecule has 0 atom stereocenters. The first kappa shape index (κ1) is 20.2. The third kappa shape index (κ3) is 4.63. The number of carbonyl (C=O) groups excluding carboxylic acids is 1. The second-order valence-electron chi connectivity index (χ2n) is 5.53. The fourth-order valence-electron chi connectivity index (χ4n) is 2.36. The van der Waals surface area contributed by atoms with E-state index >= 15 is 0 Å². The lowest BCUT2D eigenvalue weighted by Gasteiger charge is -2.09. The van der Waals surface area contributed by atoms with Crippen molar-refractivity contribution >= 4 is 39.3 Å². The summed E-state index contributed by atoms with van der Waals surface area (Å²) < 4.78 is 28.9. The number of anilines is 1. The molecule has 0 saturated carbocycles. The van der Waals surface area contributed by atoms with Crippen LogP contribution in [0.15, 0.2) is 58.9 Å². The molecule has 0 saturated heterocycles. The standard InChI is InChI=1S/C18H14BrF2N5OS/c1-2-6-26-17(11-4-3-5-22-9-11)24-25-18(26)28-10-15(27)23-16-13(19)7-12(20)8-14(16)21/h2-5,7-9H,1,6,10H2,(H,23,27). The number of nitrogens with zero attached hydrogens (tertiary/aromatic N) is 4. The highest BCUT2D eigenvalue weighted by molar-refractivity contribution is 9.10. The number of thioether (sulfide) groups is 1. The number of allylic oxidation sites excluding steroid dienone is 1. The number of carbonyl (C=O) groups is 1. The topological polar surface area (TPSA) is 72.7 Å². The number of pyridine rings is 1. The smallest absolute Gasteiger partial charge is 0.234 e. The molecular weight excluding hydrogens is 452 g/mol. The Labute approximate surface area is 172 Å². The zero-order valence-electron chi connectivity index (χ0n) is 14.4. The van der Waals surface area contributed by atoms with Gasteiger partial charge >= 0.3 is 0 Å². The summed E-state index contributed by atoms with van der Waals surface area (Å²) in [7, 11) is 0. The highest BCUT2D eigenvalue weighted by Gasteiger charge is 2.17. The van der Waals surface area contributed by atoms with Gasteiger partial charge in [-0.05, 0) is 34.1 Å². The van der Waals surface area contributed by atoms with E-state index in [-0.39, 0.29) is 15.9 Å². The monoisotopic (exact) mass is 465 g/mol. The van der Waals surface area contributed by atoms with Crippen LogP contribution in [0, 0.1) is 11.6 Å². The van der Waals surface area contributed by atoms with Gasteiger partial charge in [-0.15, -0.1) is 16.8 Å². The highest BCUT2D eigenvalue weighted by Crippen LogP contribution is 2.28. The molecule has 2 aromatic heterocycles. The molecule has 10 heteroatoms. The lowest BCUT2D eigenvalue weighted by Crippen LogP contribution is -2.16. The number of benzene rings is 1. The van der Waals surface area contributed by atoms with Crippen LogP contribution in [0.2, 0.25) is 0 Å². The molecule has 1 aromatic carbocycles. The number of rotatable bonds is 7. The summed E-state index contributed by atoms with van der Waals surface area (Å²) in [6.07, 6.45) is 5.02. The van der Waals surface area contributed by atoms with Crippen molar-refractivity contribution in [1.82, 2.24) is 19.7 Å². The molecule has 0 bridgehead atoms. The lowest BCUT2D eigenvalue weighted by molar-refractivity contribution is -0.113. The Balaban J connectivity index is 1.73. The minimum atomic E-state index is -0.862. The van der Waals surface area contributed by atoms with Crippen molar-refractivity contribution in [2.24, 2.45) is 0 Å². The van der Waals surface area contributed by atoms with Gasteiger partial charge in [-0.3, -0.25) is 14.3 Å². The molecule has 3 aromatic rings. The molecule has 1 N–H and O–H groups in total. The molecule has 0 aliphatic heterocycles. The van der Waals surface area contributed by atoms with Crippen LogP contribution in [0.5, 0.6) is 0 Å². The summed E-state index contributed by atoms with van der Waals surface area (Å²) in [6, 6.07) is 5.42. The Morgan fingerprint density at radius 1 is 1.36 bits per heavy atom. The minimum Gasteiger partial charge on any atom is -0.322 e. The largest absolute Gasteiger partial charge is 0.322 e. The highest BCUT2D eigenvalue weighted by atomic mass is 79.9. The molecule has 1 amide bonds. The maximum Gasteiger partial charge on any atom is 0.234 e. The van der Waals surface area contributed by atoms with Crippen LogP contribution in [0.4, 0.5) is 14.5 Å². The van der Waals surface area contributed by atoms with E-state index < -0.39 is 17.5 Å². The van der Waals surface area contributed by atoms with Crippen molar-refractivity contribution in [2.75, 3.05) is 11.1 Å². The van der Waals surface area contributed by atoms with E-state index in [2.05, 4.69) is 43.0 Å². The van der Waals surface area contributed by atoms with Gasteiger partial charge in [-0.25, -0.2) is 8.78 Å². The zero-order valence-corrected chi connectivity index (χ0v) is 16.8. The molecule has 144 valence electrons. The first-order valence-electron chi connectivity index (χ1n) is 8.01. The molecule has 2 heterocycles. The Hall–Kier alpha value is -2.59. The van der Waals surface area contributed by atoms with E-state index in [1.807, 2.05) is 6.07 Å². The maximum absolute atomic E-state index is 13.9. The zero-order chi connectivity index (χ0) is 20.1. The van der Waals surface area contributed by atoms with E-state index in [1.165, 1.54) is 0 Å². The Morgan fingerprint density at radius 2 is 2.18 bits per heavy atom. The quantitative estimate of drug-likeness (QED) is 0.416. The molecule has 3 rings (SSSR count).